The van der Waals surface area contributed by atoms with E-state index in [0.717, 1.165) is 12.4 Å². The number of methoxy groups -OCH3 is 1. The van der Waals surface area contributed by atoms with Crippen LogP contribution in [0.15, 0.2) is 24.5 Å². The van der Waals surface area contributed by atoms with Crippen LogP contribution in [0.25, 0.3) is 0 Å². The Hall–Kier alpha value is -2.41. The van der Waals surface area contributed by atoms with E-state index in [4.69, 9.17) is 22.1 Å². The van der Waals surface area contributed by atoms with Gasteiger partial charge in [0, 0.05) is 11.8 Å². The maximum absolute atomic E-state index is 13.5. The van der Waals surface area contributed by atoms with Crippen LogP contribution in [0.5, 0.6) is 5.75 Å². The van der Waals surface area contributed by atoms with Crippen LogP contribution < -0.4 is 15.8 Å². The zero-order valence-corrected chi connectivity index (χ0v) is 11.1. The highest BCUT2D eigenvalue weighted by molar-refractivity contribution is 6.34. The van der Waals surface area contributed by atoms with E-state index in [1.165, 1.54) is 19.2 Å². The fraction of sp³-hybridized carbons (Fsp3) is 0.0833. The second kappa shape index (κ2) is 5.70. The number of nitrogens with two attached hydrogens (primary N) is 1. The Morgan fingerprint density at radius 2 is 2.20 bits per heavy atom. The Labute approximate surface area is 118 Å². The van der Waals surface area contributed by atoms with Crippen molar-refractivity contribution in [1.82, 2.24) is 9.97 Å². The number of nitrogens with zero attached hydrogens (tertiary/aromatic N) is 2. The van der Waals surface area contributed by atoms with Crippen molar-refractivity contribution in [2.45, 2.75) is 0 Å². The van der Waals surface area contributed by atoms with Crippen LogP contribution in [-0.4, -0.2) is 23.0 Å². The molecular formula is C12H10ClFN4O2. The first-order chi connectivity index (χ1) is 9.52. The lowest BCUT2D eigenvalue weighted by Crippen LogP contribution is -2.16. The Bertz CT molecular complexity index is 646. The highest BCUT2D eigenvalue weighted by atomic mass is 35.5. The largest absolute Gasteiger partial charge is 0.494 e. The second-order valence-corrected chi connectivity index (χ2v) is 4.09. The average molecular weight is 297 g/mol. The number of halogens is 2. The van der Waals surface area contributed by atoms with E-state index in [-0.39, 0.29) is 28.0 Å². The molecule has 0 aliphatic heterocycles. The first kappa shape index (κ1) is 14.0. The number of nitrogens with one attached hydrogen (secondary N) is 1. The lowest BCUT2D eigenvalue weighted by Gasteiger charge is -2.09. The third kappa shape index (κ3) is 2.77. The number of hydrogen-bond acceptors (Lipinski definition) is 5. The van der Waals surface area contributed by atoms with Crippen molar-refractivity contribution in [3.63, 3.8) is 0 Å². The molecule has 20 heavy (non-hydrogen) atoms. The number of benzene rings is 1. The van der Waals surface area contributed by atoms with Gasteiger partial charge in [-0.05, 0) is 12.1 Å². The van der Waals surface area contributed by atoms with E-state index in [0.29, 0.717) is 0 Å². The molecule has 0 saturated heterocycles. The van der Waals surface area contributed by atoms with Crippen molar-refractivity contribution >= 4 is 29.0 Å². The van der Waals surface area contributed by atoms with Gasteiger partial charge in [-0.3, -0.25) is 4.79 Å². The summed E-state index contributed by atoms with van der Waals surface area (Å²) in [6.07, 6.45) is 1.14. The molecule has 6 nitrogen and oxygen atoms in total. The van der Waals surface area contributed by atoms with Gasteiger partial charge in [0.1, 0.15) is 22.9 Å². The minimum atomic E-state index is -0.627. The van der Waals surface area contributed by atoms with Gasteiger partial charge in [0.15, 0.2) is 11.6 Å². The summed E-state index contributed by atoms with van der Waals surface area (Å²) in [5.74, 6) is -1.22. The standard InChI is InChI=1S/C12H10ClFN4O2/c1-20-8-3-2-6(4-7(8)14)18-12(19)9-10(13)16-5-17-11(9)15/h2-5H,1H3,(H,18,19)(H2,15,16,17). The first-order valence-corrected chi connectivity index (χ1v) is 5.81. The molecule has 1 amide bonds. The summed E-state index contributed by atoms with van der Waals surface area (Å²) in [5.41, 5.74) is 5.73. The lowest BCUT2D eigenvalue weighted by molar-refractivity contribution is 0.102. The molecule has 2 aromatic rings. The molecule has 0 saturated carbocycles. The predicted molar refractivity (Wildman–Crippen MR) is 72.4 cm³/mol. The van der Waals surface area contributed by atoms with Crippen LogP contribution in [0.4, 0.5) is 15.9 Å². The van der Waals surface area contributed by atoms with Gasteiger partial charge in [-0.1, -0.05) is 11.6 Å². The van der Waals surface area contributed by atoms with Crippen molar-refractivity contribution in [1.29, 1.82) is 0 Å². The summed E-state index contributed by atoms with van der Waals surface area (Å²) in [5, 5.41) is 2.37. The van der Waals surface area contributed by atoms with E-state index in [1.807, 2.05) is 0 Å². The van der Waals surface area contributed by atoms with Crippen molar-refractivity contribution in [2.75, 3.05) is 18.2 Å². The molecule has 1 aromatic heterocycles. The second-order valence-electron chi connectivity index (χ2n) is 3.73. The Kier molecular flexibility index (Phi) is 3.99. The van der Waals surface area contributed by atoms with Gasteiger partial charge in [0.25, 0.3) is 5.91 Å². The molecule has 0 aliphatic carbocycles. The highest BCUT2D eigenvalue weighted by Crippen LogP contribution is 2.23. The minimum absolute atomic E-state index is 0.0588. The molecule has 8 heteroatoms. The Balaban J connectivity index is 2.26. The topological polar surface area (TPSA) is 90.1 Å². The van der Waals surface area contributed by atoms with Gasteiger partial charge >= 0.3 is 0 Å². The van der Waals surface area contributed by atoms with Gasteiger partial charge in [0.2, 0.25) is 0 Å². The van der Waals surface area contributed by atoms with Gasteiger partial charge in [-0.15, -0.1) is 0 Å². The smallest absolute Gasteiger partial charge is 0.262 e. The van der Waals surface area contributed by atoms with Crippen LogP contribution in [0, 0.1) is 5.82 Å². The van der Waals surface area contributed by atoms with Crippen molar-refractivity contribution in [2.24, 2.45) is 0 Å². The number of anilines is 2. The van der Waals surface area contributed by atoms with Gasteiger partial charge in [-0.25, -0.2) is 14.4 Å². The Morgan fingerprint density at radius 3 is 2.80 bits per heavy atom. The lowest BCUT2D eigenvalue weighted by atomic mass is 10.2. The minimum Gasteiger partial charge on any atom is -0.494 e. The van der Waals surface area contributed by atoms with Gasteiger partial charge < -0.3 is 15.8 Å². The number of carbonyl (C=O) groups is 1. The molecule has 3 N–H and O–H groups in total. The molecule has 0 aliphatic rings. The normalized spacial score (nSPS) is 10.2. The molecule has 1 heterocycles. The van der Waals surface area contributed by atoms with Crippen molar-refractivity contribution in [3.8, 4) is 5.75 Å². The summed E-state index contributed by atoms with van der Waals surface area (Å²) in [6.45, 7) is 0. The maximum Gasteiger partial charge on any atom is 0.262 e. The Morgan fingerprint density at radius 1 is 1.45 bits per heavy atom. The van der Waals surface area contributed by atoms with E-state index < -0.39 is 11.7 Å². The van der Waals surface area contributed by atoms with Crippen LogP contribution in [0.3, 0.4) is 0 Å². The fourth-order valence-corrected chi connectivity index (χ4v) is 1.75. The van der Waals surface area contributed by atoms with E-state index in [2.05, 4.69) is 15.3 Å². The van der Waals surface area contributed by atoms with Crippen LogP contribution in [0.1, 0.15) is 10.4 Å². The van der Waals surface area contributed by atoms with E-state index in [9.17, 15) is 9.18 Å². The fourth-order valence-electron chi connectivity index (χ4n) is 1.52. The monoisotopic (exact) mass is 296 g/mol. The summed E-state index contributed by atoms with van der Waals surface area (Å²) in [7, 11) is 1.35. The number of amides is 1. The zero-order chi connectivity index (χ0) is 14.7. The third-order valence-electron chi connectivity index (χ3n) is 2.47. The summed E-state index contributed by atoms with van der Waals surface area (Å²) >= 11 is 5.78. The summed E-state index contributed by atoms with van der Waals surface area (Å²) < 4.78 is 18.3. The quantitative estimate of drug-likeness (QED) is 0.847. The van der Waals surface area contributed by atoms with Gasteiger partial charge in [-0.2, -0.15) is 0 Å². The molecule has 0 bridgehead atoms. The van der Waals surface area contributed by atoms with Crippen LogP contribution in [0.2, 0.25) is 5.15 Å². The SMILES string of the molecule is COc1ccc(NC(=O)c2c(N)ncnc2Cl)cc1F. The number of nitrogen functional groups attached to an aromatic ring is 1. The molecule has 0 fully saturated rings. The number of aromatic nitrogens is 2. The van der Waals surface area contributed by atoms with Crippen LogP contribution >= 0.6 is 11.6 Å². The molecule has 0 radical (unpaired) electrons. The third-order valence-corrected chi connectivity index (χ3v) is 2.75. The number of carbonyl (C=O) groups excluding carboxylic acids is 1. The average Bonchev–Trinajstić information content (AvgIpc) is 2.38. The van der Waals surface area contributed by atoms with Crippen molar-refractivity contribution in [3.05, 3.63) is 41.1 Å². The zero-order valence-electron chi connectivity index (χ0n) is 10.4. The summed E-state index contributed by atoms with van der Waals surface area (Å²) in [4.78, 5) is 19.4. The number of rotatable bonds is 3. The predicted octanol–water partition coefficient (Wildman–Crippen LogP) is 2.11. The molecule has 0 unspecified atom stereocenters. The molecular weight excluding hydrogens is 287 g/mol. The van der Waals surface area contributed by atoms with Crippen LogP contribution in [-0.2, 0) is 0 Å². The summed E-state index contributed by atoms with van der Waals surface area (Å²) in [6, 6.07) is 3.98. The van der Waals surface area contributed by atoms with Crippen molar-refractivity contribution < 1.29 is 13.9 Å². The van der Waals surface area contributed by atoms with E-state index >= 15 is 0 Å². The molecule has 2 rings (SSSR count). The highest BCUT2D eigenvalue weighted by Gasteiger charge is 2.17. The van der Waals surface area contributed by atoms with E-state index in [1.54, 1.807) is 0 Å². The number of hydrogen-bond donors (Lipinski definition) is 2. The maximum atomic E-state index is 13.5. The molecule has 0 spiro atoms. The molecule has 0 atom stereocenters. The first-order valence-electron chi connectivity index (χ1n) is 5.43. The molecule has 104 valence electrons. The molecule has 1 aromatic carbocycles. The van der Waals surface area contributed by atoms with Gasteiger partial charge in [0.05, 0.1) is 7.11 Å². The number of ether oxygens (including phenoxy) is 1.